The van der Waals surface area contributed by atoms with Gasteiger partial charge in [0.1, 0.15) is 6.10 Å². The lowest BCUT2D eigenvalue weighted by atomic mass is 10.1. The summed E-state index contributed by atoms with van der Waals surface area (Å²) < 4.78 is 5.47. The molecule has 1 heterocycles. The summed E-state index contributed by atoms with van der Waals surface area (Å²) in [6, 6.07) is 0. The average Bonchev–Trinajstić information content (AvgIpc) is 2.89. The van der Waals surface area contributed by atoms with Gasteiger partial charge in [-0.1, -0.05) is 20.3 Å². The van der Waals surface area contributed by atoms with Crippen LogP contribution in [0.4, 0.5) is 0 Å². The number of amides is 3. The zero-order valence-corrected chi connectivity index (χ0v) is 15.9. The fourth-order valence-corrected chi connectivity index (χ4v) is 2.29. The molecule has 0 saturated carbocycles. The third-order valence-corrected chi connectivity index (χ3v) is 3.99. The number of hydroxylamine groups is 2. The van der Waals surface area contributed by atoms with Crippen molar-refractivity contribution in [2.75, 3.05) is 13.2 Å². The molecular weight excluding hydrogens is 340 g/mol. The van der Waals surface area contributed by atoms with Crippen molar-refractivity contribution < 1.29 is 28.8 Å². The zero-order chi connectivity index (χ0) is 19.5. The number of imide groups is 1. The lowest BCUT2D eigenvalue weighted by Gasteiger charge is -2.14. The van der Waals surface area contributed by atoms with Crippen LogP contribution in [0.1, 0.15) is 65.7 Å². The molecule has 1 N–H and O–H groups in total. The van der Waals surface area contributed by atoms with Crippen molar-refractivity contribution in [1.29, 1.82) is 0 Å². The molecule has 3 amide bonds. The van der Waals surface area contributed by atoms with E-state index in [2.05, 4.69) is 19.2 Å². The summed E-state index contributed by atoms with van der Waals surface area (Å²) in [5, 5.41) is 3.36. The van der Waals surface area contributed by atoms with Gasteiger partial charge in [-0.15, -0.1) is 5.06 Å². The highest BCUT2D eigenvalue weighted by molar-refractivity contribution is 6.01. The van der Waals surface area contributed by atoms with Gasteiger partial charge in [0, 0.05) is 32.4 Å². The Balaban J connectivity index is 2.04. The van der Waals surface area contributed by atoms with Crippen molar-refractivity contribution >= 4 is 23.7 Å². The molecule has 0 aliphatic carbocycles. The number of hydrogen-bond donors (Lipinski definition) is 1. The molecule has 1 aliphatic heterocycles. The van der Waals surface area contributed by atoms with Gasteiger partial charge in [-0.2, -0.15) is 0 Å². The van der Waals surface area contributed by atoms with Gasteiger partial charge in [-0.05, 0) is 32.1 Å². The van der Waals surface area contributed by atoms with Crippen LogP contribution in [0.15, 0.2) is 0 Å². The standard InChI is InChI=1S/C18H30N2O6/c1-13(2)10-12-25-14(3)18(24)19-11-6-4-5-7-17(23)26-20-15(21)8-9-16(20)22/h13-14H,4-12H2,1-3H3,(H,19,24). The number of nitrogens with one attached hydrogen (secondary N) is 1. The Morgan fingerprint density at radius 1 is 1.08 bits per heavy atom. The first-order valence-corrected chi connectivity index (χ1v) is 9.27. The quantitative estimate of drug-likeness (QED) is 0.414. The maximum absolute atomic E-state index is 11.8. The van der Waals surface area contributed by atoms with Gasteiger partial charge in [-0.25, -0.2) is 4.79 Å². The van der Waals surface area contributed by atoms with Crippen LogP contribution in [0.5, 0.6) is 0 Å². The summed E-state index contributed by atoms with van der Waals surface area (Å²) in [6.07, 6.45) is 2.75. The Hall–Kier alpha value is -1.96. The van der Waals surface area contributed by atoms with Crippen molar-refractivity contribution in [3.63, 3.8) is 0 Å². The highest BCUT2D eigenvalue weighted by Crippen LogP contribution is 2.13. The first-order chi connectivity index (χ1) is 12.3. The molecule has 0 spiro atoms. The van der Waals surface area contributed by atoms with Gasteiger partial charge in [0.25, 0.3) is 11.8 Å². The van der Waals surface area contributed by atoms with E-state index in [1.807, 2.05) is 0 Å². The van der Waals surface area contributed by atoms with Crippen molar-refractivity contribution in [2.45, 2.75) is 71.8 Å². The smallest absolute Gasteiger partial charge is 0.333 e. The molecule has 0 aromatic rings. The molecule has 0 radical (unpaired) electrons. The number of carbonyl (C=O) groups is 4. The molecule has 1 aliphatic rings. The third kappa shape index (κ3) is 8.42. The number of carbonyl (C=O) groups excluding carboxylic acids is 4. The summed E-state index contributed by atoms with van der Waals surface area (Å²) in [5.74, 6) is -1.14. The van der Waals surface area contributed by atoms with E-state index in [4.69, 9.17) is 9.57 Å². The van der Waals surface area contributed by atoms with E-state index < -0.39 is 23.9 Å². The largest absolute Gasteiger partial charge is 0.369 e. The summed E-state index contributed by atoms with van der Waals surface area (Å²) in [4.78, 5) is 50.9. The summed E-state index contributed by atoms with van der Waals surface area (Å²) in [5.41, 5.74) is 0. The average molecular weight is 370 g/mol. The van der Waals surface area contributed by atoms with Crippen LogP contribution >= 0.6 is 0 Å². The normalized spacial score (nSPS) is 15.5. The zero-order valence-electron chi connectivity index (χ0n) is 15.9. The van der Waals surface area contributed by atoms with E-state index in [1.54, 1.807) is 6.92 Å². The molecule has 148 valence electrons. The number of unbranched alkanes of at least 4 members (excludes halogenated alkanes) is 2. The van der Waals surface area contributed by atoms with E-state index in [1.165, 1.54) is 0 Å². The summed E-state index contributed by atoms with van der Waals surface area (Å²) in [6.45, 7) is 7.01. The van der Waals surface area contributed by atoms with Crippen molar-refractivity contribution in [2.24, 2.45) is 5.92 Å². The maximum atomic E-state index is 11.8. The second kappa shape index (κ2) is 11.6. The molecule has 0 aromatic heterocycles. The maximum Gasteiger partial charge on any atom is 0.333 e. The van der Waals surface area contributed by atoms with Gasteiger partial charge < -0.3 is 14.9 Å². The number of ether oxygens (including phenoxy) is 1. The Bertz CT molecular complexity index is 490. The van der Waals surface area contributed by atoms with Crippen LogP contribution in [0, 0.1) is 5.92 Å². The molecule has 1 atom stereocenters. The summed E-state index contributed by atoms with van der Waals surface area (Å²) in [7, 11) is 0. The van der Waals surface area contributed by atoms with E-state index >= 15 is 0 Å². The molecule has 0 aromatic carbocycles. The van der Waals surface area contributed by atoms with Crippen LogP contribution in [0.3, 0.4) is 0 Å². The van der Waals surface area contributed by atoms with E-state index in [-0.39, 0.29) is 25.2 Å². The predicted octanol–water partition coefficient (Wildman–Crippen LogP) is 1.72. The first-order valence-electron chi connectivity index (χ1n) is 9.27. The van der Waals surface area contributed by atoms with Crippen molar-refractivity contribution in [1.82, 2.24) is 10.4 Å². The van der Waals surface area contributed by atoms with E-state index in [0.29, 0.717) is 30.6 Å². The predicted molar refractivity (Wildman–Crippen MR) is 93.5 cm³/mol. The van der Waals surface area contributed by atoms with Crippen LogP contribution in [0.2, 0.25) is 0 Å². The van der Waals surface area contributed by atoms with Crippen LogP contribution in [0.25, 0.3) is 0 Å². The molecule has 1 fully saturated rings. The Labute approximate surface area is 154 Å². The molecule has 1 saturated heterocycles. The molecule has 26 heavy (non-hydrogen) atoms. The number of nitrogens with zero attached hydrogens (tertiary/aromatic N) is 1. The van der Waals surface area contributed by atoms with Gasteiger partial charge in [0.2, 0.25) is 5.91 Å². The van der Waals surface area contributed by atoms with Crippen LogP contribution in [-0.2, 0) is 28.8 Å². The highest BCUT2D eigenvalue weighted by Gasteiger charge is 2.32. The molecule has 1 rings (SSSR count). The Kier molecular flexibility index (Phi) is 9.87. The highest BCUT2D eigenvalue weighted by atomic mass is 16.7. The third-order valence-electron chi connectivity index (χ3n) is 3.99. The fraction of sp³-hybridized carbons (Fsp3) is 0.778. The summed E-state index contributed by atoms with van der Waals surface area (Å²) >= 11 is 0. The SMILES string of the molecule is CC(C)CCOC(C)C(=O)NCCCCCC(=O)ON1C(=O)CCC1=O. The number of hydrogen-bond acceptors (Lipinski definition) is 6. The number of rotatable bonds is 12. The second-order valence-corrected chi connectivity index (χ2v) is 6.84. The monoisotopic (exact) mass is 370 g/mol. The van der Waals surface area contributed by atoms with Gasteiger partial charge >= 0.3 is 5.97 Å². The van der Waals surface area contributed by atoms with Gasteiger partial charge in [0.05, 0.1) is 0 Å². The minimum Gasteiger partial charge on any atom is -0.369 e. The second-order valence-electron chi connectivity index (χ2n) is 6.84. The van der Waals surface area contributed by atoms with E-state index in [0.717, 1.165) is 19.3 Å². The topological polar surface area (TPSA) is 102 Å². The lowest BCUT2D eigenvalue weighted by Crippen LogP contribution is -2.35. The molecule has 8 nitrogen and oxygen atoms in total. The Morgan fingerprint density at radius 3 is 2.35 bits per heavy atom. The van der Waals surface area contributed by atoms with Crippen molar-refractivity contribution in [3.05, 3.63) is 0 Å². The first kappa shape index (κ1) is 22.1. The van der Waals surface area contributed by atoms with Gasteiger partial charge in [-0.3, -0.25) is 14.4 Å². The van der Waals surface area contributed by atoms with Crippen LogP contribution in [-0.4, -0.2) is 48.0 Å². The van der Waals surface area contributed by atoms with Gasteiger partial charge in [0.15, 0.2) is 0 Å². The van der Waals surface area contributed by atoms with E-state index in [9.17, 15) is 19.2 Å². The van der Waals surface area contributed by atoms with Crippen LogP contribution < -0.4 is 5.32 Å². The minimum absolute atomic E-state index is 0.0887. The molecule has 1 unspecified atom stereocenters. The lowest BCUT2D eigenvalue weighted by molar-refractivity contribution is -0.197. The molecule has 8 heteroatoms. The van der Waals surface area contributed by atoms with Crippen molar-refractivity contribution in [3.8, 4) is 0 Å². The minimum atomic E-state index is -0.593. The molecule has 0 bridgehead atoms. The molecular formula is C18H30N2O6. The Morgan fingerprint density at radius 2 is 1.73 bits per heavy atom. The fourth-order valence-electron chi connectivity index (χ4n) is 2.29.